The summed E-state index contributed by atoms with van der Waals surface area (Å²) in [6, 6.07) is 14.3. The standard InChI is InChI=1S/C23H19BrN2O4S/c1-13-19(22(28)30-3)20(15-7-9-17(29-2)10-8-15)26-21(27)18(31-23(26)25-13)12-14-5-4-6-16(24)11-14/h4-12,20H,1-3H3/b18-12+/t20-/m1/s1. The fourth-order valence-electron chi connectivity index (χ4n) is 3.54. The topological polar surface area (TPSA) is 69.9 Å². The Balaban J connectivity index is 1.96. The monoisotopic (exact) mass is 498 g/mol. The minimum Gasteiger partial charge on any atom is -0.497 e. The number of carbonyl (C=O) groups is 1. The molecule has 0 saturated carbocycles. The number of ether oxygens (including phenoxy) is 2. The summed E-state index contributed by atoms with van der Waals surface area (Å²) in [5.74, 6) is 0.175. The van der Waals surface area contributed by atoms with Crippen molar-refractivity contribution < 1.29 is 14.3 Å². The van der Waals surface area contributed by atoms with Gasteiger partial charge in [-0.3, -0.25) is 9.36 Å². The van der Waals surface area contributed by atoms with E-state index < -0.39 is 12.0 Å². The number of hydrogen-bond donors (Lipinski definition) is 0. The van der Waals surface area contributed by atoms with E-state index >= 15 is 0 Å². The number of methoxy groups -OCH3 is 2. The van der Waals surface area contributed by atoms with Gasteiger partial charge in [0.2, 0.25) is 0 Å². The Kier molecular flexibility index (Phi) is 5.93. The molecule has 0 saturated heterocycles. The summed E-state index contributed by atoms with van der Waals surface area (Å²) in [4.78, 5) is 31.2. The molecule has 31 heavy (non-hydrogen) atoms. The smallest absolute Gasteiger partial charge is 0.338 e. The van der Waals surface area contributed by atoms with E-state index in [2.05, 4.69) is 20.9 Å². The predicted molar refractivity (Wildman–Crippen MR) is 123 cm³/mol. The van der Waals surface area contributed by atoms with Crippen LogP contribution in [0.2, 0.25) is 0 Å². The highest BCUT2D eigenvalue weighted by Crippen LogP contribution is 2.31. The second-order valence-electron chi connectivity index (χ2n) is 6.90. The molecule has 1 aliphatic heterocycles. The summed E-state index contributed by atoms with van der Waals surface area (Å²) in [6.45, 7) is 1.76. The van der Waals surface area contributed by atoms with Gasteiger partial charge in [-0.25, -0.2) is 9.79 Å². The molecule has 3 aromatic rings. The molecule has 158 valence electrons. The molecule has 0 aliphatic carbocycles. The van der Waals surface area contributed by atoms with Crippen LogP contribution in [0.3, 0.4) is 0 Å². The van der Waals surface area contributed by atoms with Gasteiger partial charge in [0.25, 0.3) is 5.56 Å². The molecule has 1 atom stereocenters. The van der Waals surface area contributed by atoms with E-state index in [-0.39, 0.29) is 5.56 Å². The third kappa shape index (κ3) is 4.00. The van der Waals surface area contributed by atoms with Crippen molar-refractivity contribution in [1.82, 2.24) is 4.57 Å². The van der Waals surface area contributed by atoms with Crippen molar-refractivity contribution in [3.05, 3.63) is 95.1 Å². The molecule has 2 heterocycles. The van der Waals surface area contributed by atoms with Crippen LogP contribution in [0, 0.1) is 0 Å². The largest absolute Gasteiger partial charge is 0.497 e. The summed E-state index contributed by atoms with van der Waals surface area (Å²) < 4.78 is 13.3. The minimum absolute atomic E-state index is 0.210. The van der Waals surface area contributed by atoms with Crippen LogP contribution in [0.5, 0.6) is 5.75 Å². The maximum absolute atomic E-state index is 13.4. The van der Waals surface area contributed by atoms with Crippen LogP contribution in [-0.2, 0) is 9.53 Å². The highest BCUT2D eigenvalue weighted by atomic mass is 79.9. The molecular weight excluding hydrogens is 480 g/mol. The number of esters is 1. The van der Waals surface area contributed by atoms with Gasteiger partial charge in [0, 0.05) is 4.47 Å². The van der Waals surface area contributed by atoms with E-state index in [1.165, 1.54) is 18.4 Å². The number of carbonyl (C=O) groups excluding carboxylic acids is 1. The highest BCUT2D eigenvalue weighted by Gasteiger charge is 2.33. The van der Waals surface area contributed by atoms with Crippen molar-refractivity contribution in [2.45, 2.75) is 13.0 Å². The molecular formula is C23H19BrN2O4S. The predicted octanol–water partition coefficient (Wildman–Crippen LogP) is 3.18. The van der Waals surface area contributed by atoms with Gasteiger partial charge in [-0.1, -0.05) is 51.5 Å². The van der Waals surface area contributed by atoms with E-state index in [9.17, 15) is 9.59 Å². The third-order valence-electron chi connectivity index (χ3n) is 5.00. The summed E-state index contributed by atoms with van der Waals surface area (Å²) in [7, 11) is 2.91. The maximum atomic E-state index is 13.4. The molecule has 0 fully saturated rings. The molecule has 4 rings (SSSR count). The average molecular weight is 499 g/mol. The van der Waals surface area contributed by atoms with Crippen LogP contribution < -0.4 is 19.6 Å². The van der Waals surface area contributed by atoms with Gasteiger partial charge in [0.1, 0.15) is 5.75 Å². The van der Waals surface area contributed by atoms with Gasteiger partial charge in [0.05, 0.1) is 36.1 Å². The van der Waals surface area contributed by atoms with Gasteiger partial charge < -0.3 is 9.47 Å². The zero-order chi connectivity index (χ0) is 22.1. The Morgan fingerprint density at radius 2 is 1.94 bits per heavy atom. The van der Waals surface area contributed by atoms with Crippen LogP contribution in [0.25, 0.3) is 6.08 Å². The lowest BCUT2D eigenvalue weighted by Crippen LogP contribution is -2.39. The molecule has 0 unspecified atom stereocenters. The van der Waals surface area contributed by atoms with Crippen LogP contribution >= 0.6 is 27.3 Å². The number of rotatable bonds is 4. The van der Waals surface area contributed by atoms with Gasteiger partial charge in [0.15, 0.2) is 4.80 Å². The number of allylic oxidation sites excluding steroid dienone is 1. The van der Waals surface area contributed by atoms with E-state index in [0.29, 0.717) is 26.4 Å². The molecule has 0 bridgehead atoms. The first-order chi connectivity index (χ1) is 14.9. The second-order valence-corrected chi connectivity index (χ2v) is 8.83. The van der Waals surface area contributed by atoms with Crippen LogP contribution in [0.1, 0.15) is 24.1 Å². The molecule has 0 radical (unpaired) electrons. The van der Waals surface area contributed by atoms with Crippen molar-refractivity contribution in [3.8, 4) is 5.75 Å². The number of benzene rings is 2. The van der Waals surface area contributed by atoms with Crippen LogP contribution in [0.4, 0.5) is 0 Å². The van der Waals surface area contributed by atoms with Gasteiger partial charge in [-0.15, -0.1) is 0 Å². The van der Waals surface area contributed by atoms with Crippen molar-refractivity contribution in [1.29, 1.82) is 0 Å². The molecule has 0 spiro atoms. The normalized spacial score (nSPS) is 16.0. The third-order valence-corrected chi connectivity index (χ3v) is 6.48. The number of fused-ring (bicyclic) bond motifs is 1. The summed E-state index contributed by atoms with van der Waals surface area (Å²) in [6.07, 6.45) is 1.83. The lowest BCUT2D eigenvalue weighted by atomic mass is 9.96. The molecule has 0 amide bonds. The number of hydrogen-bond acceptors (Lipinski definition) is 6. The van der Waals surface area contributed by atoms with Crippen molar-refractivity contribution >= 4 is 39.3 Å². The van der Waals surface area contributed by atoms with Crippen molar-refractivity contribution in [2.24, 2.45) is 4.99 Å². The summed E-state index contributed by atoms with van der Waals surface area (Å²) in [5.41, 5.74) is 2.32. The average Bonchev–Trinajstić information content (AvgIpc) is 3.07. The highest BCUT2D eigenvalue weighted by molar-refractivity contribution is 9.10. The molecule has 1 aliphatic rings. The SMILES string of the molecule is COC(=O)C1=C(C)N=c2s/c(=C/c3cccc(Br)c3)c(=O)n2[C@@H]1c1ccc(OC)cc1. The van der Waals surface area contributed by atoms with Crippen LogP contribution in [-0.4, -0.2) is 24.8 Å². The van der Waals surface area contributed by atoms with E-state index in [0.717, 1.165) is 15.6 Å². The Morgan fingerprint density at radius 1 is 1.19 bits per heavy atom. The molecule has 0 N–H and O–H groups in total. The Bertz CT molecular complexity index is 1370. The van der Waals surface area contributed by atoms with E-state index in [1.54, 1.807) is 30.7 Å². The zero-order valence-electron chi connectivity index (χ0n) is 17.1. The number of halogens is 1. The minimum atomic E-state index is -0.640. The summed E-state index contributed by atoms with van der Waals surface area (Å²) >= 11 is 4.75. The maximum Gasteiger partial charge on any atom is 0.338 e. The van der Waals surface area contributed by atoms with Crippen molar-refractivity contribution in [3.63, 3.8) is 0 Å². The first kappa shape index (κ1) is 21.3. The second kappa shape index (κ2) is 8.64. The fourth-order valence-corrected chi connectivity index (χ4v) is 5.01. The van der Waals surface area contributed by atoms with Crippen molar-refractivity contribution in [2.75, 3.05) is 14.2 Å². The molecule has 1 aromatic heterocycles. The number of aromatic nitrogens is 1. The summed E-state index contributed by atoms with van der Waals surface area (Å²) in [5, 5.41) is 0. The lowest BCUT2D eigenvalue weighted by molar-refractivity contribution is -0.136. The lowest BCUT2D eigenvalue weighted by Gasteiger charge is -2.24. The Hall–Kier alpha value is -2.97. The van der Waals surface area contributed by atoms with Crippen LogP contribution in [0.15, 0.2) is 74.1 Å². The van der Waals surface area contributed by atoms with Gasteiger partial charge in [-0.2, -0.15) is 0 Å². The van der Waals surface area contributed by atoms with Gasteiger partial charge >= 0.3 is 5.97 Å². The quantitative estimate of drug-likeness (QED) is 0.518. The van der Waals surface area contributed by atoms with E-state index in [1.807, 2.05) is 42.5 Å². The van der Waals surface area contributed by atoms with E-state index in [4.69, 9.17) is 9.47 Å². The fraction of sp³-hybridized carbons (Fsp3) is 0.174. The zero-order valence-corrected chi connectivity index (χ0v) is 19.5. The Labute approximate surface area is 190 Å². The molecule has 2 aromatic carbocycles. The first-order valence-corrected chi connectivity index (χ1v) is 11.0. The number of nitrogens with zero attached hydrogens (tertiary/aromatic N) is 2. The first-order valence-electron chi connectivity index (χ1n) is 9.43. The number of thiazole rings is 1. The molecule has 6 nitrogen and oxygen atoms in total. The Morgan fingerprint density at radius 3 is 2.58 bits per heavy atom. The van der Waals surface area contributed by atoms with Gasteiger partial charge in [-0.05, 0) is 48.4 Å². The molecule has 8 heteroatoms.